The molecule has 3 aromatic rings. The Morgan fingerprint density at radius 2 is 1.75 bits per heavy atom. The fourth-order valence-corrected chi connectivity index (χ4v) is 2.36. The average molecular weight is 266 g/mol. The van der Waals surface area contributed by atoms with Crippen LogP contribution in [0.2, 0.25) is 0 Å². The van der Waals surface area contributed by atoms with Crippen molar-refractivity contribution in [1.29, 1.82) is 0 Å². The zero-order chi connectivity index (χ0) is 14.3. The molecule has 0 aliphatic heterocycles. The van der Waals surface area contributed by atoms with Crippen molar-refractivity contribution < 1.29 is 0 Å². The van der Waals surface area contributed by atoms with E-state index in [1.807, 2.05) is 31.7 Å². The first-order chi connectivity index (χ1) is 9.54. The maximum atomic E-state index is 4.68. The minimum absolute atomic E-state index is 0.919. The first kappa shape index (κ1) is 12.7. The van der Waals surface area contributed by atoms with E-state index in [1.54, 1.807) is 0 Å². The molecule has 4 heteroatoms. The quantitative estimate of drug-likeness (QED) is 0.714. The van der Waals surface area contributed by atoms with Gasteiger partial charge in [-0.2, -0.15) is 5.10 Å². The molecular formula is C16H18N4. The van der Waals surface area contributed by atoms with Crippen LogP contribution < -0.4 is 4.90 Å². The summed E-state index contributed by atoms with van der Waals surface area (Å²) in [6.45, 7) is 4.06. The molecule has 0 spiro atoms. The van der Waals surface area contributed by atoms with E-state index in [1.165, 1.54) is 5.69 Å². The summed E-state index contributed by atoms with van der Waals surface area (Å²) in [4.78, 5) is 6.77. The SMILES string of the molecule is Cc1cc(C)c2nc(-c3ccc(N(C)C)cc3)cn2n1. The predicted molar refractivity (Wildman–Crippen MR) is 82.2 cm³/mol. The van der Waals surface area contributed by atoms with Crippen molar-refractivity contribution in [3.05, 3.63) is 47.8 Å². The topological polar surface area (TPSA) is 33.4 Å². The maximum Gasteiger partial charge on any atom is 0.157 e. The molecule has 1 aromatic carbocycles. The van der Waals surface area contributed by atoms with Gasteiger partial charge in [-0.25, -0.2) is 9.50 Å². The lowest BCUT2D eigenvalue weighted by Crippen LogP contribution is -2.07. The third-order valence-corrected chi connectivity index (χ3v) is 3.41. The Balaban J connectivity index is 2.08. The molecule has 0 aliphatic carbocycles. The van der Waals surface area contributed by atoms with Gasteiger partial charge in [-0.1, -0.05) is 12.1 Å². The fourth-order valence-electron chi connectivity index (χ4n) is 2.36. The summed E-state index contributed by atoms with van der Waals surface area (Å²) < 4.78 is 1.86. The predicted octanol–water partition coefficient (Wildman–Crippen LogP) is 3.08. The number of nitrogens with zero attached hydrogens (tertiary/aromatic N) is 4. The molecule has 3 rings (SSSR count). The Kier molecular flexibility index (Phi) is 2.93. The normalized spacial score (nSPS) is 11.0. The molecule has 102 valence electrons. The number of hydrogen-bond acceptors (Lipinski definition) is 3. The van der Waals surface area contributed by atoms with Crippen LogP contribution in [0.4, 0.5) is 5.69 Å². The van der Waals surface area contributed by atoms with Gasteiger partial charge in [0.15, 0.2) is 5.65 Å². The van der Waals surface area contributed by atoms with Gasteiger partial charge >= 0.3 is 0 Å². The summed E-state index contributed by atoms with van der Waals surface area (Å²) in [5, 5.41) is 4.47. The van der Waals surface area contributed by atoms with Crippen LogP contribution in [-0.2, 0) is 0 Å². The molecule has 0 fully saturated rings. The Labute approximate surface area is 118 Å². The number of aryl methyl sites for hydroxylation is 2. The molecular weight excluding hydrogens is 248 g/mol. The van der Waals surface area contributed by atoms with Crippen molar-refractivity contribution in [1.82, 2.24) is 14.6 Å². The van der Waals surface area contributed by atoms with Crippen molar-refractivity contribution in [3.63, 3.8) is 0 Å². The van der Waals surface area contributed by atoms with Gasteiger partial charge < -0.3 is 4.90 Å². The van der Waals surface area contributed by atoms with Gasteiger partial charge in [-0.15, -0.1) is 0 Å². The molecule has 20 heavy (non-hydrogen) atoms. The summed E-state index contributed by atoms with van der Waals surface area (Å²) in [5.74, 6) is 0. The second kappa shape index (κ2) is 4.63. The minimum atomic E-state index is 0.919. The number of anilines is 1. The third-order valence-electron chi connectivity index (χ3n) is 3.41. The molecule has 0 amide bonds. The van der Waals surface area contributed by atoms with Crippen LogP contribution in [0.1, 0.15) is 11.3 Å². The lowest BCUT2D eigenvalue weighted by atomic mass is 10.1. The highest BCUT2D eigenvalue weighted by Gasteiger charge is 2.08. The molecule has 0 bridgehead atoms. The smallest absolute Gasteiger partial charge is 0.157 e. The van der Waals surface area contributed by atoms with Gasteiger partial charge in [-0.3, -0.25) is 0 Å². The molecule has 0 saturated carbocycles. The van der Waals surface area contributed by atoms with Crippen LogP contribution in [0, 0.1) is 13.8 Å². The maximum absolute atomic E-state index is 4.68. The Hall–Kier alpha value is -2.36. The van der Waals surface area contributed by atoms with Gasteiger partial charge in [0, 0.05) is 25.3 Å². The Morgan fingerprint density at radius 3 is 2.40 bits per heavy atom. The monoisotopic (exact) mass is 266 g/mol. The molecule has 0 radical (unpaired) electrons. The molecule has 0 unspecified atom stereocenters. The van der Waals surface area contributed by atoms with E-state index in [9.17, 15) is 0 Å². The summed E-state index contributed by atoms with van der Waals surface area (Å²) >= 11 is 0. The summed E-state index contributed by atoms with van der Waals surface area (Å²) in [5.41, 5.74) is 6.31. The van der Waals surface area contributed by atoms with Crippen molar-refractivity contribution in [2.45, 2.75) is 13.8 Å². The lowest BCUT2D eigenvalue weighted by Gasteiger charge is -2.11. The van der Waals surface area contributed by atoms with E-state index in [2.05, 4.69) is 52.2 Å². The van der Waals surface area contributed by atoms with Gasteiger partial charge in [0.2, 0.25) is 0 Å². The van der Waals surface area contributed by atoms with E-state index in [-0.39, 0.29) is 0 Å². The van der Waals surface area contributed by atoms with Gasteiger partial charge in [-0.05, 0) is 37.6 Å². The highest BCUT2D eigenvalue weighted by molar-refractivity contribution is 5.66. The number of imidazole rings is 1. The van der Waals surface area contributed by atoms with Gasteiger partial charge in [0.05, 0.1) is 17.6 Å². The first-order valence-corrected chi connectivity index (χ1v) is 6.66. The third kappa shape index (κ3) is 2.13. The zero-order valence-corrected chi connectivity index (χ0v) is 12.3. The molecule has 0 atom stereocenters. The highest BCUT2D eigenvalue weighted by atomic mass is 15.2. The Bertz CT molecular complexity index is 754. The van der Waals surface area contributed by atoms with Crippen LogP contribution in [0.5, 0.6) is 0 Å². The average Bonchev–Trinajstić information content (AvgIpc) is 2.83. The molecule has 2 heterocycles. The Morgan fingerprint density at radius 1 is 1.05 bits per heavy atom. The van der Waals surface area contributed by atoms with E-state index in [0.717, 1.165) is 28.2 Å². The van der Waals surface area contributed by atoms with Crippen LogP contribution >= 0.6 is 0 Å². The number of aromatic nitrogens is 3. The lowest BCUT2D eigenvalue weighted by molar-refractivity contribution is 0.893. The van der Waals surface area contributed by atoms with Crippen molar-refractivity contribution in [3.8, 4) is 11.3 Å². The molecule has 0 N–H and O–H groups in total. The number of benzene rings is 1. The number of rotatable bonds is 2. The summed E-state index contributed by atoms with van der Waals surface area (Å²) in [6, 6.07) is 10.5. The van der Waals surface area contributed by atoms with Crippen molar-refractivity contribution >= 4 is 11.3 Å². The van der Waals surface area contributed by atoms with E-state index >= 15 is 0 Å². The van der Waals surface area contributed by atoms with Crippen molar-refractivity contribution in [2.75, 3.05) is 19.0 Å². The van der Waals surface area contributed by atoms with Gasteiger partial charge in [0.25, 0.3) is 0 Å². The van der Waals surface area contributed by atoms with E-state index in [0.29, 0.717) is 0 Å². The number of hydrogen-bond donors (Lipinski definition) is 0. The largest absolute Gasteiger partial charge is 0.378 e. The number of fused-ring (bicyclic) bond motifs is 1. The van der Waals surface area contributed by atoms with Crippen LogP contribution in [0.3, 0.4) is 0 Å². The van der Waals surface area contributed by atoms with Crippen LogP contribution in [-0.4, -0.2) is 28.7 Å². The summed E-state index contributed by atoms with van der Waals surface area (Å²) in [6.07, 6.45) is 1.99. The minimum Gasteiger partial charge on any atom is -0.378 e. The van der Waals surface area contributed by atoms with Crippen molar-refractivity contribution in [2.24, 2.45) is 0 Å². The zero-order valence-electron chi connectivity index (χ0n) is 12.3. The molecule has 0 saturated heterocycles. The summed E-state index contributed by atoms with van der Waals surface area (Å²) in [7, 11) is 4.08. The fraction of sp³-hybridized carbons (Fsp3) is 0.250. The van der Waals surface area contributed by atoms with E-state index < -0.39 is 0 Å². The standard InChI is InChI=1S/C16H18N4/c1-11-9-12(2)18-20-10-15(17-16(11)20)13-5-7-14(8-6-13)19(3)4/h5-10H,1-4H3. The van der Waals surface area contributed by atoms with Gasteiger partial charge in [0.1, 0.15) is 0 Å². The highest BCUT2D eigenvalue weighted by Crippen LogP contribution is 2.23. The van der Waals surface area contributed by atoms with E-state index in [4.69, 9.17) is 0 Å². The van der Waals surface area contributed by atoms with Crippen LogP contribution in [0.15, 0.2) is 36.5 Å². The second-order valence-electron chi connectivity index (χ2n) is 5.30. The second-order valence-corrected chi connectivity index (χ2v) is 5.30. The molecule has 4 nitrogen and oxygen atoms in total. The molecule has 2 aromatic heterocycles. The molecule has 0 aliphatic rings. The van der Waals surface area contributed by atoms with Crippen LogP contribution in [0.25, 0.3) is 16.9 Å². The first-order valence-electron chi connectivity index (χ1n) is 6.66.